The molecule has 0 unspecified atom stereocenters. The Hall–Kier alpha value is -1.35. The number of nitrogens with two attached hydrogens (primary N) is 1. The second kappa shape index (κ2) is 4.49. The molecular weight excluding hydrogens is 210 g/mol. The lowest BCUT2D eigenvalue weighted by Crippen LogP contribution is -2.10. The highest BCUT2D eigenvalue weighted by molar-refractivity contribution is 5.48. The van der Waals surface area contributed by atoms with Gasteiger partial charge in [0.15, 0.2) is 0 Å². The Labute approximate surface area is 102 Å². The molecule has 0 atom stereocenters. The SMILES string of the molecule is NCCc1cccc2cnc(C3CCCC3)n12. The summed E-state index contributed by atoms with van der Waals surface area (Å²) in [6, 6.07) is 6.39. The Morgan fingerprint density at radius 2 is 2.12 bits per heavy atom. The molecule has 0 saturated heterocycles. The molecule has 0 aromatic carbocycles. The fraction of sp³-hybridized carbons (Fsp3) is 0.500. The number of imidazole rings is 1. The van der Waals surface area contributed by atoms with E-state index in [1.54, 1.807) is 0 Å². The molecule has 2 N–H and O–H groups in total. The van der Waals surface area contributed by atoms with E-state index in [0.29, 0.717) is 12.5 Å². The number of rotatable bonds is 3. The molecule has 2 aromatic rings. The van der Waals surface area contributed by atoms with Gasteiger partial charge in [-0.15, -0.1) is 0 Å². The Kier molecular flexibility index (Phi) is 2.85. The number of pyridine rings is 1. The molecular formula is C14H19N3. The Balaban J connectivity index is 2.11. The van der Waals surface area contributed by atoms with Gasteiger partial charge in [-0.3, -0.25) is 0 Å². The van der Waals surface area contributed by atoms with Gasteiger partial charge in [-0.25, -0.2) is 4.98 Å². The standard InChI is InChI=1S/C14H19N3/c15-9-8-12-6-3-7-13-10-16-14(17(12)13)11-4-1-2-5-11/h3,6-7,10-11H,1-2,4-5,8-9,15H2. The highest BCUT2D eigenvalue weighted by Crippen LogP contribution is 2.34. The van der Waals surface area contributed by atoms with E-state index in [1.165, 1.54) is 42.7 Å². The molecule has 1 aliphatic rings. The summed E-state index contributed by atoms with van der Waals surface area (Å²) in [6.07, 6.45) is 8.19. The third kappa shape index (κ3) is 1.84. The minimum Gasteiger partial charge on any atom is -0.330 e. The van der Waals surface area contributed by atoms with Gasteiger partial charge in [0.1, 0.15) is 5.82 Å². The Morgan fingerprint density at radius 3 is 2.88 bits per heavy atom. The molecule has 1 aliphatic carbocycles. The van der Waals surface area contributed by atoms with E-state index >= 15 is 0 Å². The van der Waals surface area contributed by atoms with Gasteiger partial charge in [0.25, 0.3) is 0 Å². The number of hydrogen-bond donors (Lipinski definition) is 1. The van der Waals surface area contributed by atoms with Crippen LogP contribution in [0.15, 0.2) is 24.4 Å². The van der Waals surface area contributed by atoms with Crippen LogP contribution in [0.4, 0.5) is 0 Å². The lowest BCUT2D eigenvalue weighted by molar-refractivity contribution is 0.656. The summed E-state index contributed by atoms with van der Waals surface area (Å²) < 4.78 is 2.32. The molecule has 0 radical (unpaired) electrons. The average molecular weight is 229 g/mol. The van der Waals surface area contributed by atoms with Crippen molar-refractivity contribution in [1.82, 2.24) is 9.38 Å². The largest absolute Gasteiger partial charge is 0.330 e. The molecule has 0 spiro atoms. The molecule has 2 aromatic heterocycles. The maximum Gasteiger partial charge on any atom is 0.116 e. The van der Waals surface area contributed by atoms with Crippen molar-refractivity contribution in [1.29, 1.82) is 0 Å². The van der Waals surface area contributed by atoms with Crippen LogP contribution in [-0.4, -0.2) is 15.9 Å². The molecule has 1 saturated carbocycles. The minimum atomic E-state index is 0.649. The van der Waals surface area contributed by atoms with E-state index in [0.717, 1.165) is 6.42 Å². The lowest BCUT2D eigenvalue weighted by Gasteiger charge is -2.12. The van der Waals surface area contributed by atoms with Crippen LogP contribution in [0.25, 0.3) is 5.52 Å². The summed E-state index contributed by atoms with van der Waals surface area (Å²) in [6.45, 7) is 0.696. The fourth-order valence-electron chi connectivity index (χ4n) is 2.96. The van der Waals surface area contributed by atoms with Crippen LogP contribution in [0, 0.1) is 0 Å². The summed E-state index contributed by atoms with van der Waals surface area (Å²) in [7, 11) is 0. The van der Waals surface area contributed by atoms with E-state index in [-0.39, 0.29) is 0 Å². The lowest BCUT2D eigenvalue weighted by atomic mass is 10.1. The topological polar surface area (TPSA) is 43.3 Å². The monoisotopic (exact) mass is 229 g/mol. The van der Waals surface area contributed by atoms with Gasteiger partial charge in [-0.05, 0) is 31.5 Å². The Morgan fingerprint density at radius 1 is 1.29 bits per heavy atom. The third-order valence-corrected chi connectivity index (χ3v) is 3.78. The van der Waals surface area contributed by atoms with Gasteiger partial charge >= 0.3 is 0 Å². The van der Waals surface area contributed by atoms with E-state index in [9.17, 15) is 0 Å². The van der Waals surface area contributed by atoms with Crippen molar-refractivity contribution in [3.05, 3.63) is 35.9 Å². The Bertz CT molecular complexity index is 509. The zero-order chi connectivity index (χ0) is 11.7. The normalized spacial score (nSPS) is 17.0. The van der Waals surface area contributed by atoms with Gasteiger partial charge in [-0.2, -0.15) is 0 Å². The molecule has 17 heavy (non-hydrogen) atoms. The zero-order valence-corrected chi connectivity index (χ0v) is 10.1. The molecule has 0 amide bonds. The van der Waals surface area contributed by atoms with E-state index in [4.69, 9.17) is 5.73 Å². The quantitative estimate of drug-likeness (QED) is 0.878. The molecule has 3 nitrogen and oxygen atoms in total. The van der Waals surface area contributed by atoms with Crippen molar-refractivity contribution in [2.75, 3.05) is 6.54 Å². The number of hydrogen-bond acceptors (Lipinski definition) is 2. The summed E-state index contributed by atoms with van der Waals surface area (Å²) in [5.41, 5.74) is 8.19. The first-order chi connectivity index (χ1) is 8.40. The van der Waals surface area contributed by atoms with Crippen molar-refractivity contribution < 1.29 is 0 Å². The number of aromatic nitrogens is 2. The minimum absolute atomic E-state index is 0.649. The highest BCUT2D eigenvalue weighted by Gasteiger charge is 2.21. The number of fused-ring (bicyclic) bond motifs is 1. The van der Waals surface area contributed by atoms with Crippen LogP contribution in [-0.2, 0) is 6.42 Å². The number of nitrogens with zero attached hydrogens (tertiary/aromatic N) is 2. The first kappa shape index (κ1) is 10.8. The molecule has 0 aliphatic heterocycles. The molecule has 90 valence electrons. The van der Waals surface area contributed by atoms with E-state index < -0.39 is 0 Å². The summed E-state index contributed by atoms with van der Waals surface area (Å²) in [5, 5.41) is 0. The molecule has 2 heterocycles. The van der Waals surface area contributed by atoms with Crippen molar-refractivity contribution in [3.63, 3.8) is 0 Å². The van der Waals surface area contributed by atoms with Crippen LogP contribution in [0.3, 0.4) is 0 Å². The summed E-state index contributed by atoms with van der Waals surface area (Å²) >= 11 is 0. The van der Waals surface area contributed by atoms with Gasteiger partial charge in [0.2, 0.25) is 0 Å². The predicted molar refractivity (Wildman–Crippen MR) is 69.2 cm³/mol. The van der Waals surface area contributed by atoms with E-state index in [2.05, 4.69) is 27.6 Å². The molecule has 1 fully saturated rings. The van der Waals surface area contributed by atoms with Gasteiger partial charge in [0.05, 0.1) is 11.7 Å². The predicted octanol–water partition coefficient (Wildman–Crippen LogP) is 2.49. The third-order valence-electron chi connectivity index (χ3n) is 3.78. The molecule has 3 heteroatoms. The van der Waals surface area contributed by atoms with Gasteiger partial charge in [0, 0.05) is 18.0 Å². The van der Waals surface area contributed by atoms with Crippen molar-refractivity contribution in [3.8, 4) is 0 Å². The van der Waals surface area contributed by atoms with Crippen LogP contribution in [0.1, 0.15) is 43.1 Å². The van der Waals surface area contributed by atoms with Crippen molar-refractivity contribution in [2.24, 2.45) is 5.73 Å². The van der Waals surface area contributed by atoms with Crippen molar-refractivity contribution in [2.45, 2.75) is 38.0 Å². The van der Waals surface area contributed by atoms with Crippen LogP contribution < -0.4 is 5.73 Å². The molecule has 0 bridgehead atoms. The van der Waals surface area contributed by atoms with Crippen molar-refractivity contribution >= 4 is 5.52 Å². The van der Waals surface area contributed by atoms with Crippen LogP contribution in [0.2, 0.25) is 0 Å². The fourth-order valence-corrected chi connectivity index (χ4v) is 2.96. The second-order valence-corrected chi connectivity index (χ2v) is 4.91. The summed E-state index contributed by atoms with van der Waals surface area (Å²) in [4.78, 5) is 4.64. The van der Waals surface area contributed by atoms with Crippen LogP contribution >= 0.6 is 0 Å². The second-order valence-electron chi connectivity index (χ2n) is 4.91. The average Bonchev–Trinajstić information content (AvgIpc) is 2.98. The van der Waals surface area contributed by atoms with Crippen LogP contribution in [0.5, 0.6) is 0 Å². The van der Waals surface area contributed by atoms with Gasteiger partial charge < -0.3 is 10.1 Å². The van der Waals surface area contributed by atoms with Gasteiger partial charge in [-0.1, -0.05) is 18.9 Å². The maximum atomic E-state index is 5.69. The van der Waals surface area contributed by atoms with E-state index in [1.807, 2.05) is 6.20 Å². The highest BCUT2D eigenvalue weighted by atomic mass is 15.0. The smallest absolute Gasteiger partial charge is 0.116 e. The summed E-state index contributed by atoms with van der Waals surface area (Å²) in [5.74, 6) is 1.90. The molecule has 3 rings (SSSR count). The maximum absolute atomic E-state index is 5.69. The zero-order valence-electron chi connectivity index (χ0n) is 10.1. The first-order valence-electron chi connectivity index (χ1n) is 6.55. The first-order valence-corrected chi connectivity index (χ1v) is 6.55.